The molecule has 0 aliphatic carbocycles. The fourth-order valence-corrected chi connectivity index (χ4v) is 1.71. The molecule has 2 aromatic heterocycles. The molecule has 0 amide bonds. The number of rotatable bonds is 1. The van der Waals surface area contributed by atoms with Crippen LogP contribution in [0.25, 0.3) is 22.6 Å². The van der Waals surface area contributed by atoms with E-state index in [1.54, 1.807) is 6.07 Å². The highest BCUT2D eigenvalue weighted by Crippen LogP contribution is 2.24. The number of hydrogen-bond donors (Lipinski definition) is 1. The highest BCUT2D eigenvalue weighted by Gasteiger charge is 2.09. The molecule has 1 aromatic carbocycles. The Kier molecular flexibility index (Phi) is 3.51. The molecule has 0 unspecified atom stereocenters. The number of aryl methyl sites for hydroxylation is 1. The maximum atomic E-state index is 5.70. The summed E-state index contributed by atoms with van der Waals surface area (Å²) in [5.74, 6) is 0.617. The summed E-state index contributed by atoms with van der Waals surface area (Å²) in [7, 11) is 1.97. The molecule has 5 heteroatoms. The fourth-order valence-electron chi connectivity index (χ4n) is 1.71. The number of oxazole rings is 1. The average Bonchev–Trinajstić information content (AvgIpc) is 2.72. The van der Waals surface area contributed by atoms with E-state index in [1.165, 1.54) is 0 Å². The van der Waals surface area contributed by atoms with Crippen molar-refractivity contribution >= 4 is 16.8 Å². The number of anilines is 1. The quantitative estimate of drug-likeness (QED) is 0.344. The van der Waals surface area contributed by atoms with Crippen LogP contribution in [-0.2, 0) is 7.05 Å². The Labute approximate surface area is 121 Å². The fraction of sp³-hybridized carbons (Fsp3) is 0.0769. The highest BCUT2D eigenvalue weighted by atomic mass is 127. The number of aromatic nitrogens is 2. The molecule has 2 N–H and O–H groups in total. The van der Waals surface area contributed by atoms with E-state index in [0.29, 0.717) is 17.2 Å². The maximum absolute atomic E-state index is 5.70. The van der Waals surface area contributed by atoms with Crippen LogP contribution in [0.1, 0.15) is 0 Å². The Morgan fingerprint density at radius 2 is 1.89 bits per heavy atom. The van der Waals surface area contributed by atoms with Crippen molar-refractivity contribution in [3.8, 4) is 11.5 Å². The summed E-state index contributed by atoms with van der Waals surface area (Å²) in [6, 6.07) is 9.40. The first kappa shape index (κ1) is 12.8. The van der Waals surface area contributed by atoms with Crippen molar-refractivity contribution in [1.29, 1.82) is 0 Å². The normalized spacial score (nSPS) is 10.3. The van der Waals surface area contributed by atoms with Gasteiger partial charge in [0.25, 0.3) is 0 Å². The van der Waals surface area contributed by atoms with Gasteiger partial charge in [-0.25, -0.2) is 9.55 Å². The van der Waals surface area contributed by atoms with E-state index in [-0.39, 0.29) is 24.0 Å². The van der Waals surface area contributed by atoms with Gasteiger partial charge >= 0.3 is 0 Å². The molecule has 0 saturated carbocycles. The predicted molar refractivity (Wildman–Crippen MR) is 65.0 cm³/mol. The van der Waals surface area contributed by atoms with Gasteiger partial charge in [-0.3, -0.25) is 0 Å². The van der Waals surface area contributed by atoms with E-state index >= 15 is 0 Å². The summed E-state index contributed by atoms with van der Waals surface area (Å²) < 4.78 is 7.64. The number of nitrogens with zero attached hydrogens (tertiary/aromatic N) is 2. The Hall–Kier alpha value is -1.63. The van der Waals surface area contributed by atoms with Gasteiger partial charge in [-0.1, -0.05) is 0 Å². The van der Waals surface area contributed by atoms with Crippen LogP contribution >= 0.6 is 0 Å². The van der Waals surface area contributed by atoms with Gasteiger partial charge in [0.2, 0.25) is 5.89 Å². The molecule has 0 aliphatic rings. The molecular formula is C13H12IN3O. The number of pyridine rings is 1. The van der Waals surface area contributed by atoms with Gasteiger partial charge in [-0.15, -0.1) is 0 Å². The predicted octanol–water partition coefficient (Wildman–Crippen LogP) is -1.09. The Morgan fingerprint density at radius 3 is 2.61 bits per heavy atom. The molecule has 92 valence electrons. The smallest absolute Gasteiger partial charge is 0.227 e. The second-order valence-corrected chi connectivity index (χ2v) is 4.00. The lowest BCUT2D eigenvalue weighted by Gasteiger charge is -1.91. The van der Waals surface area contributed by atoms with Crippen molar-refractivity contribution in [2.24, 2.45) is 7.05 Å². The number of fused-ring (bicyclic) bond motifs is 1. The summed E-state index contributed by atoms with van der Waals surface area (Å²) in [6.07, 6.45) is 3.91. The molecule has 0 radical (unpaired) electrons. The van der Waals surface area contributed by atoms with Crippen LogP contribution in [0.4, 0.5) is 5.69 Å². The lowest BCUT2D eigenvalue weighted by Crippen LogP contribution is -3.00. The van der Waals surface area contributed by atoms with Gasteiger partial charge in [0, 0.05) is 29.4 Å². The van der Waals surface area contributed by atoms with Crippen molar-refractivity contribution in [2.45, 2.75) is 0 Å². The monoisotopic (exact) mass is 353 g/mol. The zero-order chi connectivity index (χ0) is 11.8. The van der Waals surface area contributed by atoms with Gasteiger partial charge in [0.05, 0.1) is 0 Å². The molecule has 0 bridgehead atoms. The Balaban J connectivity index is 0.00000120. The lowest BCUT2D eigenvalue weighted by molar-refractivity contribution is -0.671. The van der Waals surface area contributed by atoms with E-state index in [9.17, 15) is 0 Å². The summed E-state index contributed by atoms with van der Waals surface area (Å²) in [6.45, 7) is 0. The number of hydrogen-bond acceptors (Lipinski definition) is 3. The summed E-state index contributed by atoms with van der Waals surface area (Å²) in [5, 5.41) is 0. The van der Waals surface area contributed by atoms with E-state index in [2.05, 4.69) is 4.98 Å². The second-order valence-electron chi connectivity index (χ2n) is 4.00. The number of nitrogen functional groups attached to an aromatic ring is 1. The molecule has 0 fully saturated rings. The summed E-state index contributed by atoms with van der Waals surface area (Å²) in [5.41, 5.74) is 8.87. The minimum Gasteiger partial charge on any atom is -1.00 e. The maximum Gasteiger partial charge on any atom is 0.227 e. The van der Waals surface area contributed by atoms with Gasteiger partial charge < -0.3 is 34.1 Å². The average molecular weight is 353 g/mol. The SMILES string of the molecule is C[n+]1ccc(-c2nc3ccc(N)cc3o2)cc1.[I-]. The van der Waals surface area contributed by atoms with Crippen LogP contribution in [0, 0.1) is 0 Å². The third-order valence-corrected chi connectivity index (χ3v) is 2.64. The minimum absolute atomic E-state index is 0. The lowest BCUT2D eigenvalue weighted by atomic mass is 10.3. The Bertz CT molecular complexity index is 676. The third kappa shape index (κ3) is 2.31. The van der Waals surface area contributed by atoms with Crippen molar-refractivity contribution < 1.29 is 33.0 Å². The van der Waals surface area contributed by atoms with Crippen LogP contribution in [0.2, 0.25) is 0 Å². The Morgan fingerprint density at radius 1 is 1.17 bits per heavy atom. The van der Waals surface area contributed by atoms with Crippen molar-refractivity contribution in [1.82, 2.24) is 4.98 Å². The molecule has 0 saturated heterocycles. The molecule has 0 aliphatic heterocycles. The van der Waals surface area contributed by atoms with E-state index in [1.807, 2.05) is 48.3 Å². The molecular weight excluding hydrogens is 341 g/mol. The van der Waals surface area contributed by atoms with E-state index in [4.69, 9.17) is 10.2 Å². The first-order valence-electron chi connectivity index (χ1n) is 5.34. The number of nitrogens with two attached hydrogens (primary N) is 1. The number of benzene rings is 1. The third-order valence-electron chi connectivity index (χ3n) is 2.64. The summed E-state index contributed by atoms with van der Waals surface area (Å²) in [4.78, 5) is 4.42. The molecule has 2 heterocycles. The zero-order valence-electron chi connectivity index (χ0n) is 9.80. The molecule has 18 heavy (non-hydrogen) atoms. The second kappa shape index (κ2) is 4.93. The minimum atomic E-state index is 0. The van der Waals surface area contributed by atoms with Crippen LogP contribution in [-0.4, -0.2) is 4.98 Å². The topological polar surface area (TPSA) is 55.9 Å². The van der Waals surface area contributed by atoms with Crippen LogP contribution < -0.4 is 34.3 Å². The van der Waals surface area contributed by atoms with Crippen LogP contribution in [0.5, 0.6) is 0 Å². The molecule has 3 rings (SSSR count). The molecule has 4 nitrogen and oxygen atoms in total. The van der Waals surface area contributed by atoms with Gasteiger partial charge in [0.15, 0.2) is 18.0 Å². The van der Waals surface area contributed by atoms with Crippen molar-refractivity contribution in [3.05, 3.63) is 42.7 Å². The molecule has 0 atom stereocenters. The summed E-state index contributed by atoms with van der Waals surface area (Å²) >= 11 is 0. The van der Waals surface area contributed by atoms with Crippen molar-refractivity contribution in [3.63, 3.8) is 0 Å². The van der Waals surface area contributed by atoms with Gasteiger partial charge in [0.1, 0.15) is 12.6 Å². The van der Waals surface area contributed by atoms with Gasteiger partial charge in [-0.2, -0.15) is 0 Å². The van der Waals surface area contributed by atoms with Gasteiger partial charge in [-0.05, 0) is 12.1 Å². The van der Waals surface area contributed by atoms with Crippen molar-refractivity contribution in [2.75, 3.05) is 5.73 Å². The van der Waals surface area contributed by atoms with E-state index < -0.39 is 0 Å². The molecule has 0 spiro atoms. The molecule has 3 aromatic rings. The standard InChI is InChI=1S/C13H11N3O.HI/c1-16-6-4-9(5-7-16)13-15-11-3-2-10(14)8-12(11)17-13;/h2-8,14H,1H3;1H. The highest BCUT2D eigenvalue weighted by molar-refractivity contribution is 5.79. The van der Waals surface area contributed by atoms with Crippen LogP contribution in [0.15, 0.2) is 47.1 Å². The van der Waals surface area contributed by atoms with E-state index in [0.717, 1.165) is 11.1 Å². The zero-order valence-corrected chi connectivity index (χ0v) is 12.0. The first-order chi connectivity index (χ1) is 8.22. The first-order valence-corrected chi connectivity index (χ1v) is 5.34. The number of halogens is 1. The van der Waals surface area contributed by atoms with Crippen LogP contribution in [0.3, 0.4) is 0 Å². The largest absolute Gasteiger partial charge is 1.00 e.